The van der Waals surface area contributed by atoms with Crippen LogP contribution >= 0.6 is 11.3 Å². The third-order valence-electron chi connectivity index (χ3n) is 2.37. The monoisotopic (exact) mass is 241 g/mol. The SMILES string of the molecule is CCOC(=O)c1c(CCC(C)C)csc1N. The Hall–Kier alpha value is -1.03. The van der Waals surface area contributed by atoms with Gasteiger partial charge in [-0.25, -0.2) is 4.79 Å². The first kappa shape index (κ1) is 13.0. The highest BCUT2D eigenvalue weighted by Gasteiger charge is 2.18. The fraction of sp³-hybridized carbons (Fsp3) is 0.583. The van der Waals surface area contributed by atoms with Crippen LogP contribution in [0.25, 0.3) is 0 Å². The van der Waals surface area contributed by atoms with Gasteiger partial charge in [0.1, 0.15) is 5.00 Å². The van der Waals surface area contributed by atoms with Crippen molar-refractivity contribution >= 4 is 22.3 Å². The Balaban J connectivity index is 2.81. The maximum Gasteiger partial charge on any atom is 0.341 e. The minimum absolute atomic E-state index is 0.292. The van der Waals surface area contributed by atoms with Gasteiger partial charge in [0.15, 0.2) is 0 Å². The summed E-state index contributed by atoms with van der Waals surface area (Å²) < 4.78 is 5.00. The molecule has 16 heavy (non-hydrogen) atoms. The van der Waals surface area contributed by atoms with E-state index in [1.165, 1.54) is 11.3 Å². The van der Waals surface area contributed by atoms with Gasteiger partial charge in [-0.05, 0) is 36.6 Å². The predicted molar refractivity (Wildman–Crippen MR) is 67.8 cm³/mol. The van der Waals surface area contributed by atoms with Crippen LogP contribution in [-0.2, 0) is 11.2 Å². The van der Waals surface area contributed by atoms with Gasteiger partial charge >= 0.3 is 5.97 Å². The second-order valence-corrected chi connectivity index (χ2v) is 5.06. The molecule has 3 nitrogen and oxygen atoms in total. The van der Waals surface area contributed by atoms with Crippen LogP contribution < -0.4 is 5.73 Å². The van der Waals surface area contributed by atoms with Gasteiger partial charge in [0.25, 0.3) is 0 Å². The lowest BCUT2D eigenvalue weighted by molar-refractivity contribution is 0.0527. The zero-order valence-electron chi connectivity index (χ0n) is 10.1. The number of rotatable bonds is 5. The number of ether oxygens (including phenoxy) is 1. The number of nitrogens with two attached hydrogens (primary N) is 1. The van der Waals surface area contributed by atoms with Crippen LogP contribution in [0.4, 0.5) is 5.00 Å². The summed E-state index contributed by atoms with van der Waals surface area (Å²) in [7, 11) is 0. The van der Waals surface area contributed by atoms with Crippen molar-refractivity contribution in [3.8, 4) is 0 Å². The molecule has 0 unspecified atom stereocenters. The molecular formula is C12H19NO2S. The van der Waals surface area contributed by atoms with E-state index < -0.39 is 0 Å². The van der Waals surface area contributed by atoms with Gasteiger partial charge in [0.2, 0.25) is 0 Å². The predicted octanol–water partition coefficient (Wildman–Crippen LogP) is 3.10. The maximum atomic E-state index is 11.7. The van der Waals surface area contributed by atoms with Crippen LogP contribution in [0.5, 0.6) is 0 Å². The van der Waals surface area contributed by atoms with Crippen molar-refractivity contribution in [2.75, 3.05) is 12.3 Å². The van der Waals surface area contributed by atoms with Crippen LogP contribution in [0.2, 0.25) is 0 Å². The van der Waals surface area contributed by atoms with E-state index in [4.69, 9.17) is 10.5 Å². The Morgan fingerprint density at radius 2 is 2.25 bits per heavy atom. The van der Waals surface area contributed by atoms with Crippen LogP contribution in [-0.4, -0.2) is 12.6 Å². The largest absolute Gasteiger partial charge is 0.462 e. The zero-order valence-corrected chi connectivity index (χ0v) is 10.9. The van der Waals surface area contributed by atoms with E-state index in [0.29, 0.717) is 23.1 Å². The van der Waals surface area contributed by atoms with E-state index in [2.05, 4.69) is 13.8 Å². The van der Waals surface area contributed by atoms with Crippen molar-refractivity contribution in [3.63, 3.8) is 0 Å². The van der Waals surface area contributed by atoms with Crippen molar-refractivity contribution in [3.05, 3.63) is 16.5 Å². The summed E-state index contributed by atoms with van der Waals surface area (Å²) >= 11 is 1.41. The first-order valence-electron chi connectivity index (χ1n) is 5.59. The Kier molecular flexibility index (Phi) is 4.80. The number of aryl methyl sites for hydroxylation is 1. The molecule has 0 atom stereocenters. The molecule has 2 N–H and O–H groups in total. The van der Waals surface area contributed by atoms with Crippen LogP contribution in [0.1, 0.15) is 43.1 Å². The van der Waals surface area contributed by atoms with E-state index in [-0.39, 0.29) is 5.97 Å². The van der Waals surface area contributed by atoms with Gasteiger partial charge < -0.3 is 10.5 Å². The fourth-order valence-electron chi connectivity index (χ4n) is 1.47. The van der Waals surface area contributed by atoms with E-state index in [1.54, 1.807) is 6.92 Å². The first-order valence-corrected chi connectivity index (χ1v) is 6.47. The average molecular weight is 241 g/mol. The second-order valence-electron chi connectivity index (χ2n) is 4.15. The van der Waals surface area contributed by atoms with E-state index in [9.17, 15) is 4.79 Å². The Morgan fingerprint density at radius 3 is 2.81 bits per heavy atom. The minimum atomic E-state index is -0.292. The highest BCUT2D eigenvalue weighted by molar-refractivity contribution is 7.14. The quantitative estimate of drug-likeness (QED) is 0.806. The van der Waals surface area contributed by atoms with Gasteiger partial charge in [-0.3, -0.25) is 0 Å². The molecule has 0 saturated carbocycles. The fourth-order valence-corrected chi connectivity index (χ4v) is 2.31. The Morgan fingerprint density at radius 1 is 1.56 bits per heavy atom. The van der Waals surface area contributed by atoms with Gasteiger partial charge in [-0.1, -0.05) is 13.8 Å². The Labute approximate surface area is 101 Å². The van der Waals surface area contributed by atoms with Crippen molar-refractivity contribution in [2.24, 2.45) is 5.92 Å². The number of hydrogen-bond donors (Lipinski definition) is 1. The van der Waals surface area contributed by atoms with E-state index in [1.807, 2.05) is 5.38 Å². The molecule has 90 valence electrons. The molecule has 0 fully saturated rings. The molecule has 0 spiro atoms. The molecule has 1 aromatic rings. The van der Waals surface area contributed by atoms with Crippen molar-refractivity contribution < 1.29 is 9.53 Å². The normalized spacial score (nSPS) is 10.8. The molecule has 0 aromatic carbocycles. The van der Waals surface area contributed by atoms with Crippen LogP contribution in [0.3, 0.4) is 0 Å². The molecule has 0 aliphatic rings. The van der Waals surface area contributed by atoms with E-state index >= 15 is 0 Å². The number of anilines is 1. The van der Waals surface area contributed by atoms with Gasteiger partial charge in [0, 0.05) is 0 Å². The summed E-state index contributed by atoms with van der Waals surface area (Å²) in [6.07, 6.45) is 1.95. The molecule has 0 aliphatic carbocycles. The lowest BCUT2D eigenvalue weighted by Crippen LogP contribution is -2.09. The highest BCUT2D eigenvalue weighted by atomic mass is 32.1. The average Bonchev–Trinajstić information content (AvgIpc) is 2.57. The van der Waals surface area contributed by atoms with Crippen molar-refractivity contribution in [2.45, 2.75) is 33.6 Å². The molecule has 1 heterocycles. The first-order chi connectivity index (χ1) is 7.56. The Bertz CT molecular complexity index is 358. The number of carbonyl (C=O) groups excluding carboxylic acids is 1. The molecule has 0 radical (unpaired) electrons. The highest BCUT2D eigenvalue weighted by Crippen LogP contribution is 2.27. The summed E-state index contributed by atoms with van der Waals surface area (Å²) in [4.78, 5) is 11.7. The molecule has 0 bridgehead atoms. The molecule has 0 saturated heterocycles. The third-order valence-corrected chi connectivity index (χ3v) is 3.23. The lowest BCUT2D eigenvalue weighted by atomic mass is 10.0. The number of carbonyl (C=O) groups is 1. The summed E-state index contributed by atoms with van der Waals surface area (Å²) in [5, 5.41) is 2.53. The van der Waals surface area contributed by atoms with Gasteiger partial charge in [0.05, 0.1) is 12.2 Å². The second kappa shape index (κ2) is 5.89. The summed E-state index contributed by atoms with van der Waals surface area (Å²) in [5.74, 6) is 0.330. The maximum absolute atomic E-state index is 11.7. The molecule has 4 heteroatoms. The topological polar surface area (TPSA) is 52.3 Å². The number of nitrogen functional groups attached to an aromatic ring is 1. The number of thiophene rings is 1. The summed E-state index contributed by atoms with van der Waals surface area (Å²) in [5.41, 5.74) is 7.40. The van der Waals surface area contributed by atoms with E-state index in [0.717, 1.165) is 18.4 Å². The smallest absolute Gasteiger partial charge is 0.341 e. The van der Waals surface area contributed by atoms with Crippen LogP contribution in [0.15, 0.2) is 5.38 Å². The molecular weight excluding hydrogens is 222 g/mol. The summed E-state index contributed by atoms with van der Waals surface area (Å²) in [6, 6.07) is 0. The zero-order chi connectivity index (χ0) is 12.1. The lowest BCUT2D eigenvalue weighted by Gasteiger charge is -2.06. The van der Waals surface area contributed by atoms with Crippen LogP contribution in [0, 0.1) is 5.92 Å². The van der Waals surface area contributed by atoms with Gasteiger partial charge in [-0.2, -0.15) is 0 Å². The summed E-state index contributed by atoms with van der Waals surface area (Å²) in [6.45, 7) is 6.52. The molecule has 0 amide bonds. The van der Waals surface area contributed by atoms with Gasteiger partial charge in [-0.15, -0.1) is 11.3 Å². The van der Waals surface area contributed by atoms with Crippen molar-refractivity contribution in [1.82, 2.24) is 0 Å². The molecule has 1 aromatic heterocycles. The van der Waals surface area contributed by atoms with Crippen molar-refractivity contribution in [1.29, 1.82) is 0 Å². The number of hydrogen-bond acceptors (Lipinski definition) is 4. The minimum Gasteiger partial charge on any atom is -0.462 e. The molecule has 1 rings (SSSR count). The standard InChI is InChI=1S/C12H19NO2S/c1-4-15-12(14)10-9(6-5-8(2)3)7-16-11(10)13/h7-8H,4-6,13H2,1-3H3. The molecule has 0 aliphatic heterocycles. The third kappa shape index (κ3) is 3.23. The number of esters is 1.